The van der Waals surface area contributed by atoms with E-state index in [4.69, 9.17) is 0 Å². The Morgan fingerprint density at radius 1 is 1.13 bits per heavy atom. The summed E-state index contributed by atoms with van der Waals surface area (Å²) < 4.78 is 1.03. The molecule has 0 bridgehead atoms. The highest BCUT2D eigenvalue weighted by molar-refractivity contribution is 9.10. The van der Waals surface area contributed by atoms with Crippen LogP contribution in [0.25, 0.3) is 10.9 Å². The molecule has 1 aromatic heterocycles. The highest BCUT2D eigenvalue weighted by Gasteiger charge is 2.12. The Bertz CT molecular complexity index is 825. The molecular weight excluding hydrogens is 352 g/mol. The molecule has 3 nitrogen and oxygen atoms in total. The lowest BCUT2D eigenvalue weighted by Gasteiger charge is -2.15. The topological polar surface area (TPSA) is 42.0 Å². The number of hydrogen-bond acceptors (Lipinski definition) is 2. The minimum Gasteiger partial charge on any atom is -0.349 e. The molecule has 0 fully saturated rings. The van der Waals surface area contributed by atoms with E-state index in [1.54, 1.807) is 6.20 Å². The van der Waals surface area contributed by atoms with Crippen LogP contribution in [0, 0.1) is 0 Å². The number of hydrogen-bond donors (Lipinski definition) is 1. The fourth-order valence-corrected chi connectivity index (χ4v) is 2.87. The van der Waals surface area contributed by atoms with Crippen LogP contribution in [0.15, 0.2) is 65.3 Å². The second-order valence-corrected chi connectivity index (χ2v) is 6.43. The summed E-state index contributed by atoms with van der Waals surface area (Å²) in [5.41, 5.74) is 2.92. The fraction of sp³-hybridized carbons (Fsp3) is 0.158. The third-order valence-electron chi connectivity index (χ3n) is 3.81. The maximum Gasteiger partial charge on any atom is 0.224 e. The van der Waals surface area contributed by atoms with Crippen molar-refractivity contribution < 1.29 is 4.79 Å². The highest BCUT2D eigenvalue weighted by Crippen LogP contribution is 2.18. The van der Waals surface area contributed by atoms with Crippen molar-refractivity contribution in [3.05, 3.63) is 76.4 Å². The summed E-state index contributed by atoms with van der Waals surface area (Å²) in [5, 5.41) is 4.10. The van der Waals surface area contributed by atoms with Gasteiger partial charge in [-0.15, -0.1) is 0 Å². The van der Waals surface area contributed by atoms with Gasteiger partial charge in [0, 0.05) is 16.1 Å². The third kappa shape index (κ3) is 3.77. The first-order valence-electron chi connectivity index (χ1n) is 7.51. The molecule has 1 atom stereocenters. The van der Waals surface area contributed by atoms with Crippen molar-refractivity contribution in [1.29, 1.82) is 0 Å². The van der Waals surface area contributed by atoms with Crippen LogP contribution in [0.3, 0.4) is 0 Å². The molecule has 2 aromatic carbocycles. The summed E-state index contributed by atoms with van der Waals surface area (Å²) in [7, 11) is 0. The van der Waals surface area contributed by atoms with E-state index in [9.17, 15) is 4.79 Å². The largest absolute Gasteiger partial charge is 0.349 e. The normalized spacial score (nSPS) is 12.1. The lowest BCUT2D eigenvalue weighted by molar-refractivity contribution is -0.121. The van der Waals surface area contributed by atoms with Gasteiger partial charge in [0.1, 0.15) is 0 Å². The molecule has 0 aliphatic carbocycles. The molecule has 1 N–H and O–H groups in total. The molecule has 3 rings (SSSR count). The fourth-order valence-electron chi connectivity index (χ4n) is 2.61. The molecule has 1 unspecified atom stereocenters. The zero-order chi connectivity index (χ0) is 16.2. The van der Waals surface area contributed by atoms with Crippen molar-refractivity contribution in [2.24, 2.45) is 0 Å². The zero-order valence-electron chi connectivity index (χ0n) is 12.8. The number of carbonyl (C=O) groups is 1. The zero-order valence-corrected chi connectivity index (χ0v) is 14.4. The number of halogens is 1. The molecule has 0 radical (unpaired) electrons. The SMILES string of the molecule is CC(NC(=O)Cc1cccc2cccnc12)c1ccc(Br)cc1. The summed E-state index contributed by atoms with van der Waals surface area (Å²) in [6.45, 7) is 1.99. The van der Waals surface area contributed by atoms with E-state index in [0.717, 1.165) is 26.5 Å². The van der Waals surface area contributed by atoms with Crippen LogP contribution in [0.4, 0.5) is 0 Å². The van der Waals surface area contributed by atoms with E-state index in [-0.39, 0.29) is 11.9 Å². The Morgan fingerprint density at radius 3 is 2.65 bits per heavy atom. The van der Waals surface area contributed by atoms with Gasteiger partial charge >= 0.3 is 0 Å². The van der Waals surface area contributed by atoms with Gasteiger partial charge in [-0.25, -0.2) is 0 Å². The molecule has 0 saturated heterocycles. The predicted octanol–water partition coefficient (Wildman–Crippen LogP) is 4.42. The van der Waals surface area contributed by atoms with Crippen molar-refractivity contribution >= 4 is 32.7 Å². The maximum atomic E-state index is 12.4. The molecule has 23 heavy (non-hydrogen) atoms. The standard InChI is InChI=1S/C19H17BrN2O/c1-13(14-7-9-17(20)10-8-14)22-18(23)12-16-5-2-4-15-6-3-11-21-19(15)16/h2-11,13H,12H2,1H3,(H,22,23). The molecular formula is C19H17BrN2O. The average molecular weight is 369 g/mol. The lowest BCUT2D eigenvalue weighted by atomic mass is 10.1. The summed E-state index contributed by atoms with van der Waals surface area (Å²) in [6, 6.07) is 17.8. The number of nitrogens with zero attached hydrogens (tertiary/aromatic N) is 1. The van der Waals surface area contributed by atoms with Crippen molar-refractivity contribution in [3.63, 3.8) is 0 Å². The van der Waals surface area contributed by atoms with Crippen LogP contribution in [-0.2, 0) is 11.2 Å². The van der Waals surface area contributed by atoms with E-state index in [0.29, 0.717) is 6.42 Å². The molecule has 0 spiro atoms. The van der Waals surface area contributed by atoms with E-state index in [1.807, 2.05) is 61.5 Å². The monoisotopic (exact) mass is 368 g/mol. The van der Waals surface area contributed by atoms with E-state index < -0.39 is 0 Å². The van der Waals surface area contributed by atoms with Crippen LogP contribution in [0.5, 0.6) is 0 Å². The Labute approximate surface area is 143 Å². The number of amides is 1. The van der Waals surface area contributed by atoms with Gasteiger partial charge in [0.05, 0.1) is 18.0 Å². The molecule has 3 aromatic rings. The van der Waals surface area contributed by atoms with Gasteiger partial charge < -0.3 is 5.32 Å². The maximum absolute atomic E-state index is 12.4. The number of para-hydroxylation sites is 1. The Hall–Kier alpha value is -2.20. The smallest absolute Gasteiger partial charge is 0.224 e. The number of aromatic nitrogens is 1. The molecule has 1 heterocycles. The minimum atomic E-state index is -0.0291. The average Bonchev–Trinajstić information content (AvgIpc) is 2.55. The summed E-state index contributed by atoms with van der Waals surface area (Å²) in [4.78, 5) is 16.8. The molecule has 4 heteroatoms. The van der Waals surface area contributed by atoms with Crippen molar-refractivity contribution in [3.8, 4) is 0 Å². The Kier molecular flexibility index (Phi) is 4.72. The van der Waals surface area contributed by atoms with Crippen LogP contribution in [0.1, 0.15) is 24.1 Å². The number of rotatable bonds is 4. The Balaban J connectivity index is 1.72. The number of benzene rings is 2. The van der Waals surface area contributed by atoms with Crippen LogP contribution < -0.4 is 5.32 Å². The summed E-state index contributed by atoms with van der Waals surface area (Å²) in [5.74, 6) is -0.00132. The summed E-state index contributed by atoms with van der Waals surface area (Å²) >= 11 is 3.42. The van der Waals surface area contributed by atoms with Crippen LogP contribution in [0.2, 0.25) is 0 Å². The van der Waals surface area contributed by atoms with Gasteiger partial charge in [0.15, 0.2) is 0 Å². The van der Waals surface area contributed by atoms with Crippen molar-refractivity contribution in [1.82, 2.24) is 10.3 Å². The highest BCUT2D eigenvalue weighted by atomic mass is 79.9. The van der Waals surface area contributed by atoms with Crippen LogP contribution in [-0.4, -0.2) is 10.9 Å². The molecule has 1 amide bonds. The first-order chi connectivity index (χ1) is 11.1. The lowest BCUT2D eigenvalue weighted by Crippen LogP contribution is -2.28. The van der Waals surface area contributed by atoms with Gasteiger partial charge in [-0.05, 0) is 36.2 Å². The van der Waals surface area contributed by atoms with E-state index in [1.165, 1.54) is 0 Å². The summed E-state index contributed by atoms with van der Waals surface area (Å²) in [6.07, 6.45) is 2.09. The van der Waals surface area contributed by atoms with E-state index >= 15 is 0 Å². The quantitative estimate of drug-likeness (QED) is 0.740. The van der Waals surface area contributed by atoms with Crippen molar-refractivity contribution in [2.45, 2.75) is 19.4 Å². The number of carbonyl (C=O) groups excluding carboxylic acids is 1. The molecule has 116 valence electrons. The van der Waals surface area contributed by atoms with Crippen LogP contribution >= 0.6 is 15.9 Å². The second-order valence-electron chi connectivity index (χ2n) is 5.51. The predicted molar refractivity (Wildman–Crippen MR) is 96.1 cm³/mol. The van der Waals surface area contributed by atoms with Gasteiger partial charge in [-0.3, -0.25) is 9.78 Å². The second kappa shape index (κ2) is 6.92. The van der Waals surface area contributed by atoms with Gasteiger partial charge in [-0.2, -0.15) is 0 Å². The number of pyridine rings is 1. The van der Waals surface area contributed by atoms with E-state index in [2.05, 4.69) is 26.2 Å². The van der Waals surface area contributed by atoms with Gasteiger partial charge in [0.2, 0.25) is 5.91 Å². The minimum absolute atomic E-state index is 0.00132. The van der Waals surface area contributed by atoms with Crippen molar-refractivity contribution in [2.75, 3.05) is 0 Å². The Morgan fingerprint density at radius 2 is 1.87 bits per heavy atom. The van der Waals surface area contributed by atoms with Gasteiger partial charge in [0.25, 0.3) is 0 Å². The molecule has 0 aliphatic rings. The molecule has 0 saturated carbocycles. The number of fused-ring (bicyclic) bond motifs is 1. The first-order valence-corrected chi connectivity index (χ1v) is 8.30. The third-order valence-corrected chi connectivity index (χ3v) is 4.34. The first kappa shape index (κ1) is 15.7. The number of nitrogens with one attached hydrogen (secondary N) is 1. The van der Waals surface area contributed by atoms with Gasteiger partial charge in [-0.1, -0.05) is 52.3 Å². The molecule has 0 aliphatic heterocycles.